The molecule has 0 saturated heterocycles. The van der Waals surface area contributed by atoms with Gasteiger partial charge in [-0.15, -0.1) is 0 Å². The smallest absolute Gasteiger partial charge is 0.122 e. The standard InChI is InChI=1S/C16H16N2OS/c17-16(20)15-8-11(6-7-18-15)10-19-14-5-4-12-2-1-3-13(12)9-14/h4-9H,1-3,10H2,(H2,17,20). The van der Waals surface area contributed by atoms with Gasteiger partial charge in [0.15, 0.2) is 0 Å². The minimum absolute atomic E-state index is 0.310. The van der Waals surface area contributed by atoms with Crippen LogP contribution in [-0.4, -0.2) is 9.97 Å². The molecule has 0 amide bonds. The van der Waals surface area contributed by atoms with E-state index in [0.29, 0.717) is 17.3 Å². The monoisotopic (exact) mass is 284 g/mol. The summed E-state index contributed by atoms with van der Waals surface area (Å²) in [6, 6.07) is 10.1. The number of nitrogens with two attached hydrogens (primary N) is 1. The molecule has 1 aromatic carbocycles. The van der Waals surface area contributed by atoms with Crippen LogP contribution in [-0.2, 0) is 19.4 Å². The van der Waals surface area contributed by atoms with Gasteiger partial charge in [-0.1, -0.05) is 18.3 Å². The largest absolute Gasteiger partial charge is 0.489 e. The third-order valence-corrected chi connectivity index (χ3v) is 3.76. The SMILES string of the molecule is NC(=S)c1cc(COc2ccc3c(c2)CCC3)ccn1. The van der Waals surface area contributed by atoms with E-state index >= 15 is 0 Å². The highest BCUT2D eigenvalue weighted by Gasteiger charge is 2.11. The summed E-state index contributed by atoms with van der Waals surface area (Å²) in [7, 11) is 0. The van der Waals surface area contributed by atoms with Crippen molar-refractivity contribution in [2.75, 3.05) is 0 Å². The third kappa shape index (κ3) is 2.80. The van der Waals surface area contributed by atoms with Crippen molar-refractivity contribution >= 4 is 17.2 Å². The molecule has 0 atom stereocenters. The maximum absolute atomic E-state index is 5.84. The lowest BCUT2D eigenvalue weighted by Crippen LogP contribution is -2.12. The van der Waals surface area contributed by atoms with Crippen LogP contribution in [0.25, 0.3) is 0 Å². The summed E-state index contributed by atoms with van der Waals surface area (Å²) in [4.78, 5) is 4.43. The normalized spacial score (nSPS) is 13.0. The number of thiocarbonyl (C=S) groups is 1. The molecule has 4 heteroatoms. The van der Waals surface area contributed by atoms with Crippen LogP contribution >= 0.6 is 12.2 Å². The highest BCUT2D eigenvalue weighted by Crippen LogP contribution is 2.26. The van der Waals surface area contributed by atoms with Gasteiger partial charge < -0.3 is 10.5 Å². The van der Waals surface area contributed by atoms with Crippen molar-refractivity contribution in [3.63, 3.8) is 0 Å². The predicted octanol–water partition coefficient (Wildman–Crippen LogP) is 2.78. The Labute approximate surface area is 123 Å². The zero-order chi connectivity index (χ0) is 13.9. The molecule has 1 aliphatic carbocycles. The van der Waals surface area contributed by atoms with Gasteiger partial charge in [0, 0.05) is 6.20 Å². The second kappa shape index (κ2) is 5.59. The second-order valence-corrected chi connectivity index (χ2v) is 5.43. The average molecular weight is 284 g/mol. The molecule has 2 aromatic rings. The number of hydrogen-bond acceptors (Lipinski definition) is 3. The minimum Gasteiger partial charge on any atom is -0.489 e. The van der Waals surface area contributed by atoms with Gasteiger partial charge in [0.25, 0.3) is 0 Å². The summed E-state index contributed by atoms with van der Waals surface area (Å²) in [6.07, 6.45) is 5.31. The fourth-order valence-corrected chi connectivity index (χ4v) is 2.62. The number of ether oxygens (including phenoxy) is 1. The molecule has 0 aliphatic heterocycles. The Hall–Kier alpha value is -1.94. The molecule has 0 unspecified atom stereocenters. The van der Waals surface area contributed by atoms with Gasteiger partial charge in [-0.2, -0.15) is 0 Å². The number of fused-ring (bicyclic) bond motifs is 1. The van der Waals surface area contributed by atoms with Crippen molar-refractivity contribution < 1.29 is 4.74 Å². The van der Waals surface area contributed by atoms with Gasteiger partial charge in [0.2, 0.25) is 0 Å². The highest BCUT2D eigenvalue weighted by molar-refractivity contribution is 7.80. The zero-order valence-corrected chi connectivity index (χ0v) is 12.0. The summed E-state index contributed by atoms with van der Waals surface area (Å²) < 4.78 is 5.84. The molecule has 0 bridgehead atoms. The Morgan fingerprint density at radius 1 is 1.20 bits per heavy atom. The Kier molecular flexibility index (Phi) is 3.65. The van der Waals surface area contributed by atoms with Gasteiger partial charge in [0.05, 0.1) is 5.69 Å². The first-order valence-electron chi connectivity index (χ1n) is 6.72. The van der Waals surface area contributed by atoms with E-state index in [1.54, 1.807) is 6.20 Å². The van der Waals surface area contributed by atoms with Crippen LogP contribution in [0.5, 0.6) is 5.75 Å². The van der Waals surface area contributed by atoms with Crippen LogP contribution in [0.15, 0.2) is 36.5 Å². The summed E-state index contributed by atoms with van der Waals surface area (Å²) in [5.74, 6) is 0.916. The molecule has 0 spiro atoms. The molecule has 20 heavy (non-hydrogen) atoms. The molecule has 0 fully saturated rings. The van der Waals surface area contributed by atoms with Gasteiger partial charge in [0.1, 0.15) is 17.3 Å². The van der Waals surface area contributed by atoms with Crippen LogP contribution in [0.4, 0.5) is 0 Å². The second-order valence-electron chi connectivity index (χ2n) is 4.99. The maximum Gasteiger partial charge on any atom is 0.122 e. The van der Waals surface area contributed by atoms with Gasteiger partial charge in [-0.25, -0.2) is 0 Å². The van der Waals surface area contributed by atoms with E-state index in [4.69, 9.17) is 22.7 Å². The van der Waals surface area contributed by atoms with Crippen LogP contribution in [0.1, 0.15) is 28.8 Å². The zero-order valence-electron chi connectivity index (χ0n) is 11.1. The fourth-order valence-electron chi connectivity index (χ4n) is 2.50. The Morgan fingerprint density at radius 2 is 2.05 bits per heavy atom. The summed E-state index contributed by atoms with van der Waals surface area (Å²) >= 11 is 4.93. The molecular formula is C16H16N2OS. The van der Waals surface area contributed by atoms with E-state index in [2.05, 4.69) is 17.1 Å². The molecular weight excluding hydrogens is 268 g/mol. The quantitative estimate of drug-likeness (QED) is 0.877. The number of aromatic nitrogens is 1. The van der Waals surface area contributed by atoms with Crippen molar-refractivity contribution in [1.82, 2.24) is 4.98 Å². The van der Waals surface area contributed by atoms with Gasteiger partial charge >= 0.3 is 0 Å². The average Bonchev–Trinajstić information content (AvgIpc) is 2.93. The Morgan fingerprint density at radius 3 is 2.90 bits per heavy atom. The number of aryl methyl sites for hydroxylation is 2. The lowest BCUT2D eigenvalue weighted by Gasteiger charge is -2.09. The predicted molar refractivity (Wildman–Crippen MR) is 82.9 cm³/mol. The minimum atomic E-state index is 0.310. The molecule has 0 radical (unpaired) electrons. The molecule has 3 rings (SSSR count). The number of nitrogens with zero attached hydrogens (tertiary/aromatic N) is 1. The highest BCUT2D eigenvalue weighted by atomic mass is 32.1. The molecule has 1 aromatic heterocycles. The molecule has 1 aliphatic rings. The summed E-state index contributed by atoms with van der Waals surface area (Å²) in [6.45, 7) is 0.497. The first-order valence-corrected chi connectivity index (χ1v) is 7.12. The lowest BCUT2D eigenvalue weighted by atomic mass is 10.1. The molecule has 2 N–H and O–H groups in total. The Bertz CT molecular complexity index is 655. The van der Waals surface area contributed by atoms with Crippen molar-refractivity contribution in [2.45, 2.75) is 25.9 Å². The van der Waals surface area contributed by atoms with Crippen molar-refractivity contribution in [2.24, 2.45) is 5.73 Å². The number of hydrogen-bond donors (Lipinski definition) is 1. The number of benzene rings is 1. The van der Waals surface area contributed by atoms with Crippen molar-refractivity contribution in [1.29, 1.82) is 0 Å². The van der Waals surface area contributed by atoms with E-state index < -0.39 is 0 Å². The van der Waals surface area contributed by atoms with E-state index in [1.165, 1.54) is 24.0 Å². The lowest BCUT2D eigenvalue weighted by molar-refractivity contribution is 0.306. The van der Waals surface area contributed by atoms with Crippen molar-refractivity contribution in [3.8, 4) is 5.75 Å². The molecule has 3 nitrogen and oxygen atoms in total. The van der Waals surface area contributed by atoms with Crippen LogP contribution in [0, 0.1) is 0 Å². The van der Waals surface area contributed by atoms with E-state index in [1.807, 2.05) is 18.2 Å². The Balaban J connectivity index is 1.70. The fraction of sp³-hybridized carbons (Fsp3) is 0.250. The number of pyridine rings is 1. The summed E-state index contributed by atoms with van der Waals surface area (Å²) in [5, 5.41) is 0. The van der Waals surface area contributed by atoms with Gasteiger partial charge in [-0.05, 0) is 60.2 Å². The maximum atomic E-state index is 5.84. The molecule has 1 heterocycles. The molecule has 102 valence electrons. The number of rotatable bonds is 4. The van der Waals surface area contributed by atoms with E-state index in [-0.39, 0.29) is 0 Å². The summed E-state index contributed by atoms with van der Waals surface area (Å²) in [5.41, 5.74) is 10.1. The van der Waals surface area contributed by atoms with E-state index in [0.717, 1.165) is 17.7 Å². The van der Waals surface area contributed by atoms with E-state index in [9.17, 15) is 0 Å². The van der Waals surface area contributed by atoms with Crippen LogP contribution in [0.3, 0.4) is 0 Å². The third-order valence-electron chi connectivity index (χ3n) is 3.55. The molecule has 0 saturated carbocycles. The first-order chi connectivity index (χ1) is 9.72. The van der Waals surface area contributed by atoms with Crippen molar-refractivity contribution in [3.05, 3.63) is 58.9 Å². The van der Waals surface area contributed by atoms with Crippen LogP contribution < -0.4 is 10.5 Å². The van der Waals surface area contributed by atoms with Crippen LogP contribution in [0.2, 0.25) is 0 Å². The topological polar surface area (TPSA) is 48.1 Å². The first kappa shape index (κ1) is 13.1. The van der Waals surface area contributed by atoms with Gasteiger partial charge in [-0.3, -0.25) is 4.98 Å².